The van der Waals surface area contributed by atoms with Crippen molar-refractivity contribution in [3.05, 3.63) is 88.7 Å². The highest BCUT2D eigenvalue weighted by Gasteiger charge is 2.30. The van der Waals surface area contributed by atoms with Crippen molar-refractivity contribution in [3.63, 3.8) is 0 Å². The summed E-state index contributed by atoms with van der Waals surface area (Å²) in [4.78, 5) is 2.31. The zero-order valence-electron chi connectivity index (χ0n) is 16.1. The first-order valence-electron chi connectivity index (χ1n) is 9.39. The highest BCUT2D eigenvalue weighted by atomic mass is 32.1. The van der Waals surface area contributed by atoms with Crippen molar-refractivity contribution in [2.24, 2.45) is 0 Å². The second-order valence-corrected chi connectivity index (χ2v) is 7.83. The molecule has 1 aromatic heterocycles. The predicted molar refractivity (Wildman–Crippen MR) is 116 cm³/mol. The van der Waals surface area contributed by atoms with Gasteiger partial charge in [0.05, 0.1) is 6.04 Å². The van der Waals surface area contributed by atoms with E-state index in [0.717, 1.165) is 23.9 Å². The third-order valence-electron chi connectivity index (χ3n) is 5.17. The number of benzene rings is 2. The van der Waals surface area contributed by atoms with Gasteiger partial charge in [0.15, 0.2) is 5.11 Å². The maximum Gasteiger partial charge on any atom is 0.174 e. The van der Waals surface area contributed by atoms with Gasteiger partial charge < -0.3 is 14.8 Å². The van der Waals surface area contributed by atoms with Crippen LogP contribution in [0.15, 0.2) is 60.8 Å². The Morgan fingerprint density at radius 1 is 0.926 bits per heavy atom. The van der Waals surface area contributed by atoms with Crippen LogP contribution >= 0.6 is 12.2 Å². The van der Waals surface area contributed by atoms with Crippen molar-refractivity contribution in [1.82, 2.24) is 9.47 Å². The smallest absolute Gasteiger partial charge is 0.174 e. The summed E-state index contributed by atoms with van der Waals surface area (Å²) in [5.41, 5.74) is 7.36. The van der Waals surface area contributed by atoms with Crippen molar-refractivity contribution < 1.29 is 0 Å². The molecular weight excluding hydrogens is 350 g/mol. The van der Waals surface area contributed by atoms with Crippen LogP contribution in [0.3, 0.4) is 0 Å². The van der Waals surface area contributed by atoms with Gasteiger partial charge in [0.1, 0.15) is 0 Å². The minimum Gasteiger partial charge on any atom is -0.348 e. The van der Waals surface area contributed by atoms with Gasteiger partial charge in [-0.3, -0.25) is 0 Å². The van der Waals surface area contributed by atoms with Crippen LogP contribution in [-0.2, 0) is 6.54 Å². The molecule has 0 amide bonds. The van der Waals surface area contributed by atoms with E-state index in [1.807, 2.05) is 0 Å². The Hall–Kier alpha value is -2.59. The molecule has 4 heteroatoms. The minimum atomic E-state index is 0.125. The molecule has 138 valence electrons. The van der Waals surface area contributed by atoms with Crippen molar-refractivity contribution >= 4 is 23.0 Å². The van der Waals surface area contributed by atoms with E-state index in [9.17, 15) is 0 Å². The first-order valence-corrected chi connectivity index (χ1v) is 9.79. The summed E-state index contributed by atoms with van der Waals surface area (Å²) in [5.74, 6) is 0. The number of hydrogen-bond acceptors (Lipinski definition) is 1. The zero-order valence-corrected chi connectivity index (χ0v) is 16.9. The van der Waals surface area contributed by atoms with Crippen molar-refractivity contribution in [3.8, 4) is 0 Å². The largest absolute Gasteiger partial charge is 0.348 e. The average molecular weight is 376 g/mol. The van der Waals surface area contributed by atoms with Gasteiger partial charge >= 0.3 is 0 Å². The Morgan fingerprint density at radius 2 is 1.63 bits per heavy atom. The molecule has 1 N–H and O–H groups in total. The van der Waals surface area contributed by atoms with E-state index in [1.165, 1.54) is 27.9 Å². The zero-order chi connectivity index (χ0) is 19.0. The molecule has 3 nitrogen and oxygen atoms in total. The number of fused-ring (bicyclic) bond motifs is 1. The molecule has 2 heterocycles. The van der Waals surface area contributed by atoms with Crippen LogP contribution in [0.25, 0.3) is 0 Å². The summed E-state index contributed by atoms with van der Waals surface area (Å²) < 4.78 is 2.33. The highest BCUT2D eigenvalue weighted by molar-refractivity contribution is 7.80. The minimum absolute atomic E-state index is 0.125. The third kappa shape index (κ3) is 3.62. The Balaban J connectivity index is 1.67. The quantitative estimate of drug-likeness (QED) is 0.621. The monoisotopic (exact) mass is 375 g/mol. The molecule has 0 saturated carbocycles. The molecule has 0 unspecified atom stereocenters. The Morgan fingerprint density at radius 3 is 2.33 bits per heavy atom. The molecule has 1 aliphatic heterocycles. The number of nitrogens with one attached hydrogen (secondary N) is 1. The van der Waals surface area contributed by atoms with E-state index in [-0.39, 0.29) is 6.04 Å². The summed E-state index contributed by atoms with van der Waals surface area (Å²) in [7, 11) is 0. The Labute approximate surface area is 166 Å². The molecule has 1 aliphatic rings. The number of aromatic nitrogens is 1. The summed E-state index contributed by atoms with van der Waals surface area (Å²) in [6.07, 6.45) is 2.16. The Kier molecular flexibility index (Phi) is 4.75. The highest BCUT2D eigenvalue weighted by Crippen LogP contribution is 2.33. The normalized spacial score (nSPS) is 16.1. The molecule has 0 saturated heterocycles. The second kappa shape index (κ2) is 7.20. The number of thiocarbonyl (C=S) groups is 1. The fraction of sp³-hybridized carbons (Fsp3) is 0.261. The molecule has 0 aliphatic carbocycles. The first kappa shape index (κ1) is 17.8. The van der Waals surface area contributed by atoms with E-state index in [2.05, 4.69) is 96.3 Å². The van der Waals surface area contributed by atoms with E-state index >= 15 is 0 Å². The molecular formula is C23H25N3S. The van der Waals surface area contributed by atoms with E-state index in [4.69, 9.17) is 12.2 Å². The SMILES string of the molecule is Cc1ccc([C@H]2c3cccn3CCN2C(=S)Nc2cc(C)cc(C)c2)cc1. The lowest BCUT2D eigenvalue weighted by Crippen LogP contribution is -2.44. The lowest BCUT2D eigenvalue weighted by Gasteiger charge is -2.39. The van der Waals surface area contributed by atoms with Crippen molar-refractivity contribution in [1.29, 1.82) is 0 Å². The van der Waals surface area contributed by atoms with Gasteiger partial charge in [-0.1, -0.05) is 35.9 Å². The number of anilines is 1. The lowest BCUT2D eigenvalue weighted by atomic mass is 9.99. The molecule has 0 spiro atoms. The van der Waals surface area contributed by atoms with Gasteiger partial charge in [0.2, 0.25) is 0 Å². The van der Waals surface area contributed by atoms with Crippen molar-refractivity contribution in [2.75, 3.05) is 11.9 Å². The number of hydrogen-bond donors (Lipinski definition) is 1. The van der Waals surface area contributed by atoms with Crippen LogP contribution in [0.2, 0.25) is 0 Å². The van der Waals surface area contributed by atoms with Crippen LogP contribution < -0.4 is 5.32 Å². The molecule has 1 atom stereocenters. The van der Waals surface area contributed by atoms with E-state index in [0.29, 0.717) is 0 Å². The summed E-state index contributed by atoms with van der Waals surface area (Å²) >= 11 is 5.85. The van der Waals surface area contributed by atoms with Crippen LogP contribution in [0.1, 0.15) is 34.0 Å². The van der Waals surface area contributed by atoms with Crippen molar-refractivity contribution in [2.45, 2.75) is 33.4 Å². The van der Waals surface area contributed by atoms with Gasteiger partial charge in [-0.25, -0.2) is 0 Å². The predicted octanol–water partition coefficient (Wildman–Crippen LogP) is 5.22. The molecule has 4 rings (SSSR count). The number of aryl methyl sites for hydroxylation is 3. The van der Waals surface area contributed by atoms with Crippen LogP contribution in [-0.4, -0.2) is 21.1 Å². The van der Waals surface area contributed by atoms with Crippen LogP contribution in [0, 0.1) is 20.8 Å². The summed E-state index contributed by atoms with van der Waals surface area (Å²) in [6, 6.07) is 19.7. The average Bonchev–Trinajstić information content (AvgIpc) is 3.09. The number of rotatable bonds is 2. The van der Waals surface area contributed by atoms with Gasteiger partial charge in [0.25, 0.3) is 0 Å². The maximum absolute atomic E-state index is 5.85. The standard InChI is InChI=1S/C23H25N3S/c1-16-6-8-19(9-7-16)22-21-5-4-10-25(21)11-12-26(22)23(27)24-20-14-17(2)13-18(3)15-20/h4-10,13-15,22H,11-12H2,1-3H3,(H,24,27)/t22-/m0/s1. The number of nitrogens with zero attached hydrogens (tertiary/aromatic N) is 2. The van der Waals surface area contributed by atoms with Crippen LogP contribution in [0.5, 0.6) is 0 Å². The molecule has 27 heavy (non-hydrogen) atoms. The van der Waals surface area contributed by atoms with Crippen LogP contribution in [0.4, 0.5) is 5.69 Å². The van der Waals surface area contributed by atoms with Gasteiger partial charge in [-0.2, -0.15) is 0 Å². The molecule has 0 fully saturated rings. The van der Waals surface area contributed by atoms with E-state index in [1.54, 1.807) is 0 Å². The third-order valence-corrected chi connectivity index (χ3v) is 5.50. The van der Waals surface area contributed by atoms with Gasteiger partial charge in [-0.05, 0) is 73.9 Å². The van der Waals surface area contributed by atoms with Gasteiger partial charge in [-0.15, -0.1) is 0 Å². The first-order chi connectivity index (χ1) is 13.0. The van der Waals surface area contributed by atoms with E-state index < -0.39 is 0 Å². The molecule has 2 aromatic carbocycles. The summed E-state index contributed by atoms with van der Waals surface area (Å²) in [6.45, 7) is 8.18. The molecule has 3 aromatic rings. The fourth-order valence-corrected chi connectivity index (χ4v) is 4.26. The summed E-state index contributed by atoms with van der Waals surface area (Å²) in [5, 5.41) is 4.25. The molecule has 0 radical (unpaired) electrons. The van der Waals surface area contributed by atoms with Gasteiger partial charge in [0, 0.05) is 30.7 Å². The maximum atomic E-state index is 5.85. The topological polar surface area (TPSA) is 20.2 Å². The lowest BCUT2D eigenvalue weighted by molar-refractivity contribution is 0.293. The second-order valence-electron chi connectivity index (χ2n) is 7.44. The fourth-order valence-electron chi connectivity index (χ4n) is 3.94. The Bertz CT molecular complexity index is 951. The molecule has 0 bridgehead atoms.